The number of hydrogen-bond acceptors (Lipinski definition) is 0. The van der Waals surface area contributed by atoms with Crippen molar-refractivity contribution in [3.63, 3.8) is 0 Å². The lowest BCUT2D eigenvalue weighted by molar-refractivity contribution is 0.544. The maximum atomic E-state index is 5.30. The summed E-state index contributed by atoms with van der Waals surface area (Å²) < 4.78 is 0. The third kappa shape index (κ3) is 7.77. The van der Waals surface area contributed by atoms with Crippen molar-refractivity contribution >= 4 is 11.6 Å². The maximum absolute atomic E-state index is 5.30. The maximum Gasteiger partial charge on any atom is 0.00423 e. The summed E-state index contributed by atoms with van der Waals surface area (Å²) in [6, 6.07) is 0. The first-order chi connectivity index (χ1) is 4.06. The molecule has 0 aliphatic heterocycles. The van der Waals surface area contributed by atoms with Crippen LogP contribution in [0.3, 0.4) is 0 Å². The summed E-state index contributed by atoms with van der Waals surface area (Å²) >= 11 is 5.30. The molecule has 0 aromatic heterocycles. The number of hydrogen-bond donors (Lipinski definition) is 0. The van der Waals surface area contributed by atoms with E-state index in [9.17, 15) is 0 Å². The van der Waals surface area contributed by atoms with E-state index in [4.69, 9.17) is 11.6 Å². The van der Waals surface area contributed by atoms with Gasteiger partial charge in [0.25, 0.3) is 0 Å². The fraction of sp³-hybridized carbons (Fsp3) is 0.500. The molecule has 0 heterocycles. The van der Waals surface area contributed by atoms with Crippen molar-refractivity contribution in [1.29, 1.82) is 0 Å². The molecule has 0 bridgehead atoms. The van der Waals surface area contributed by atoms with Gasteiger partial charge in [0.2, 0.25) is 0 Å². The van der Waals surface area contributed by atoms with Gasteiger partial charge in [-0.3, -0.25) is 0 Å². The first-order valence-electron chi connectivity index (χ1n) is 3.01. The van der Waals surface area contributed by atoms with E-state index in [1.165, 1.54) is 5.54 Å². The van der Waals surface area contributed by atoms with Crippen LogP contribution in [-0.2, 0) is 0 Å². The van der Waals surface area contributed by atoms with Crippen LogP contribution >= 0.6 is 11.6 Å². The summed E-state index contributed by atoms with van der Waals surface area (Å²) in [5.41, 5.74) is 1.76. The monoisotopic (exact) mass is 144 g/mol. The molecule has 0 aliphatic carbocycles. The van der Waals surface area contributed by atoms with Gasteiger partial charge in [-0.1, -0.05) is 50.6 Å². The van der Waals surface area contributed by atoms with Gasteiger partial charge in [0.1, 0.15) is 0 Å². The van der Waals surface area contributed by atoms with Gasteiger partial charge < -0.3 is 0 Å². The molecule has 9 heavy (non-hydrogen) atoms. The second-order valence-corrected chi connectivity index (χ2v) is 3.30. The Morgan fingerprint density at radius 1 is 1.11 bits per heavy atom. The summed E-state index contributed by atoms with van der Waals surface area (Å²) in [6.45, 7) is 6.43. The Morgan fingerprint density at radius 2 is 1.67 bits per heavy atom. The van der Waals surface area contributed by atoms with Crippen LogP contribution in [-0.4, -0.2) is 0 Å². The molecule has 0 spiro atoms. The van der Waals surface area contributed by atoms with Crippen LogP contribution in [0.15, 0.2) is 23.8 Å². The predicted octanol–water partition coefficient (Wildman–Crippen LogP) is 3.34. The van der Waals surface area contributed by atoms with Crippen LogP contribution in [0.2, 0.25) is 0 Å². The van der Waals surface area contributed by atoms with Crippen molar-refractivity contribution < 1.29 is 0 Å². The second-order valence-electron chi connectivity index (χ2n) is 3.04. The molecule has 0 saturated carbocycles. The summed E-state index contributed by atoms with van der Waals surface area (Å²) in [4.78, 5) is 0. The summed E-state index contributed by atoms with van der Waals surface area (Å²) in [5.74, 6) is 0. The zero-order valence-electron chi connectivity index (χ0n) is 6.19. The van der Waals surface area contributed by atoms with Crippen molar-refractivity contribution in [1.82, 2.24) is 0 Å². The first-order valence-corrected chi connectivity index (χ1v) is 3.44. The average Bonchev–Trinajstić information content (AvgIpc) is 1.63. The Balaban J connectivity index is 3.71. The Bertz CT molecular complexity index is 115. The molecule has 0 aromatic rings. The van der Waals surface area contributed by atoms with E-state index in [1.807, 2.05) is 12.2 Å². The normalized spacial score (nSPS) is 13.8. The van der Waals surface area contributed by atoms with E-state index < -0.39 is 0 Å². The Morgan fingerprint density at radius 3 is 2.00 bits per heavy atom. The molecule has 0 N–H and O–H groups in total. The van der Waals surface area contributed by atoms with Crippen LogP contribution in [0.5, 0.6) is 0 Å². The molecule has 0 aliphatic rings. The first kappa shape index (κ1) is 8.77. The lowest BCUT2D eigenvalue weighted by Crippen LogP contribution is -1.97. The van der Waals surface area contributed by atoms with Gasteiger partial charge in [-0.2, -0.15) is 0 Å². The minimum absolute atomic E-state index is 0.260. The van der Waals surface area contributed by atoms with Crippen LogP contribution in [0.1, 0.15) is 20.8 Å². The van der Waals surface area contributed by atoms with E-state index in [-0.39, 0.29) is 5.41 Å². The smallest absolute Gasteiger partial charge is 0.00423 e. The molecule has 0 aromatic carbocycles. The molecule has 0 nitrogen and oxygen atoms in total. The Kier molecular flexibility index (Phi) is 3.64. The van der Waals surface area contributed by atoms with Gasteiger partial charge in [0.15, 0.2) is 0 Å². The molecule has 0 amide bonds. The molecule has 0 radical (unpaired) electrons. The van der Waals surface area contributed by atoms with Gasteiger partial charge in [-0.25, -0.2) is 0 Å². The van der Waals surface area contributed by atoms with Crippen molar-refractivity contribution in [2.45, 2.75) is 20.8 Å². The summed E-state index contributed by atoms with van der Waals surface area (Å²) in [7, 11) is 0. The highest BCUT2D eigenvalue weighted by molar-refractivity contribution is 6.25. The van der Waals surface area contributed by atoms with E-state index in [1.54, 1.807) is 0 Å². The van der Waals surface area contributed by atoms with Gasteiger partial charge >= 0.3 is 0 Å². The molecule has 0 unspecified atom stereocenters. The second kappa shape index (κ2) is 3.73. The lowest BCUT2D eigenvalue weighted by Gasteiger charge is -2.09. The predicted molar refractivity (Wildman–Crippen MR) is 43.6 cm³/mol. The highest BCUT2D eigenvalue weighted by atomic mass is 35.5. The molecule has 0 atom stereocenters. The van der Waals surface area contributed by atoms with Crippen LogP contribution in [0.4, 0.5) is 0 Å². The fourth-order valence-corrected chi connectivity index (χ4v) is 0.470. The largest absolute Gasteiger partial charge is 0.0930 e. The van der Waals surface area contributed by atoms with Crippen molar-refractivity contribution in [2.75, 3.05) is 0 Å². The molecule has 0 rings (SSSR count). The van der Waals surface area contributed by atoms with Gasteiger partial charge in [0, 0.05) is 5.54 Å². The molecule has 0 saturated heterocycles. The van der Waals surface area contributed by atoms with Crippen LogP contribution in [0, 0.1) is 5.41 Å². The molecular formula is C8H13Cl. The van der Waals surface area contributed by atoms with Gasteiger partial charge in [0.05, 0.1) is 0 Å². The highest BCUT2D eigenvalue weighted by Crippen LogP contribution is 2.14. The standard InChI is InChI=1S/C8H13Cl/c1-8(2,3)6-4-5-7-9/h4-7H,1-3H3. The van der Waals surface area contributed by atoms with E-state index in [0.29, 0.717) is 0 Å². The molecule has 52 valence electrons. The number of halogens is 1. The van der Waals surface area contributed by atoms with Gasteiger partial charge in [-0.15, -0.1) is 0 Å². The van der Waals surface area contributed by atoms with E-state index in [2.05, 4.69) is 26.8 Å². The lowest BCUT2D eigenvalue weighted by atomic mass is 9.96. The van der Waals surface area contributed by atoms with Crippen molar-refractivity contribution in [3.05, 3.63) is 23.8 Å². The fourth-order valence-electron chi connectivity index (χ4n) is 0.386. The summed E-state index contributed by atoms with van der Waals surface area (Å²) in [5, 5.41) is 0. The van der Waals surface area contributed by atoms with Crippen LogP contribution in [0.25, 0.3) is 0 Å². The van der Waals surface area contributed by atoms with Gasteiger partial charge in [-0.05, 0) is 5.41 Å². The Labute approximate surface area is 62.2 Å². The average molecular weight is 145 g/mol. The third-order valence-corrected chi connectivity index (χ3v) is 0.926. The zero-order valence-corrected chi connectivity index (χ0v) is 6.94. The van der Waals surface area contributed by atoms with Crippen molar-refractivity contribution in [2.24, 2.45) is 5.41 Å². The van der Waals surface area contributed by atoms with E-state index in [0.717, 1.165) is 0 Å². The molecular weight excluding hydrogens is 132 g/mol. The number of allylic oxidation sites excluding steroid dienone is 3. The SMILES string of the molecule is CC(C)(C)C=CC=CCl. The number of rotatable bonds is 1. The molecule has 0 fully saturated rings. The molecule has 1 heteroatoms. The third-order valence-electron chi connectivity index (χ3n) is 0.780. The van der Waals surface area contributed by atoms with Crippen molar-refractivity contribution in [3.8, 4) is 0 Å². The minimum atomic E-state index is 0.260. The van der Waals surface area contributed by atoms with Crippen LogP contribution < -0.4 is 0 Å². The summed E-state index contributed by atoms with van der Waals surface area (Å²) in [6.07, 6.45) is 5.87. The highest BCUT2D eigenvalue weighted by Gasteiger charge is 2.01. The minimum Gasteiger partial charge on any atom is -0.0930 e. The topological polar surface area (TPSA) is 0 Å². The quantitative estimate of drug-likeness (QED) is 0.496. The Hall–Kier alpha value is -0.230. The zero-order chi connectivity index (χ0) is 7.33. The van der Waals surface area contributed by atoms with E-state index >= 15 is 0 Å².